The molecule has 3 rings (SSSR count). The van der Waals surface area contributed by atoms with E-state index in [-0.39, 0.29) is 0 Å². The minimum absolute atomic E-state index is 0.411. The van der Waals surface area contributed by atoms with Crippen LogP contribution in [-0.4, -0.2) is 43.5 Å². The van der Waals surface area contributed by atoms with Crippen LogP contribution in [-0.2, 0) is 11.3 Å². The first-order valence-electron chi connectivity index (χ1n) is 9.47. The SMILES string of the molecule is COCCn1c(-c2cccc(OC)c2)cnc1NC(=O)Nc1cc(C)ccc1OC. The first kappa shape index (κ1) is 21.2. The number of carbonyl (C=O) groups excluding carboxylic acids is 1. The molecule has 3 aromatic rings. The molecule has 8 nitrogen and oxygen atoms in total. The average molecular weight is 410 g/mol. The normalized spacial score (nSPS) is 10.5. The van der Waals surface area contributed by atoms with Crippen molar-refractivity contribution >= 4 is 17.7 Å². The minimum Gasteiger partial charge on any atom is -0.497 e. The van der Waals surface area contributed by atoms with Gasteiger partial charge in [-0.1, -0.05) is 18.2 Å². The number of hydrogen-bond acceptors (Lipinski definition) is 5. The molecule has 0 atom stereocenters. The summed E-state index contributed by atoms with van der Waals surface area (Å²) in [5.74, 6) is 1.73. The van der Waals surface area contributed by atoms with Gasteiger partial charge < -0.3 is 24.1 Å². The topological polar surface area (TPSA) is 86.6 Å². The number of nitrogens with one attached hydrogen (secondary N) is 2. The molecule has 0 saturated carbocycles. The second-order valence-electron chi connectivity index (χ2n) is 6.63. The third-order valence-corrected chi connectivity index (χ3v) is 4.57. The molecule has 0 fully saturated rings. The number of nitrogens with zero attached hydrogens (tertiary/aromatic N) is 2. The first-order chi connectivity index (χ1) is 14.5. The van der Waals surface area contributed by atoms with E-state index >= 15 is 0 Å². The van der Waals surface area contributed by atoms with Crippen molar-refractivity contribution in [2.24, 2.45) is 0 Å². The van der Waals surface area contributed by atoms with Gasteiger partial charge in [-0.25, -0.2) is 9.78 Å². The van der Waals surface area contributed by atoms with Crippen LogP contribution in [0, 0.1) is 6.92 Å². The number of aromatic nitrogens is 2. The smallest absolute Gasteiger partial charge is 0.326 e. The summed E-state index contributed by atoms with van der Waals surface area (Å²) in [6, 6.07) is 12.8. The Labute approximate surface area is 175 Å². The van der Waals surface area contributed by atoms with Crippen LogP contribution >= 0.6 is 0 Å². The molecule has 30 heavy (non-hydrogen) atoms. The maximum atomic E-state index is 12.7. The summed E-state index contributed by atoms with van der Waals surface area (Å²) in [6.07, 6.45) is 1.72. The molecule has 8 heteroatoms. The maximum absolute atomic E-state index is 12.7. The van der Waals surface area contributed by atoms with E-state index in [9.17, 15) is 4.79 Å². The Morgan fingerprint density at radius 3 is 2.63 bits per heavy atom. The van der Waals surface area contributed by atoms with E-state index in [4.69, 9.17) is 14.2 Å². The van der Waals surface area contributed by atoms with Gasteiger partial charge in [0.2, 0.25) is 5.95 Å². The lowest BCUT2D eigenvalue weighted by molar-refractivity contribution is 0.188. The van der Waals surface area contributed by atoms with Crippen molar-refractivity contribution in [2.75, 3.05) is 38.6 Å². The van der Waals surface area contributed by atoms with Gasteiger partial charge in [-0.2, -0.15) is 0 Å². The second kappa shape index (κ2) is 9.80. The molecule has 0 unspecified atom stereocenters. The van der Waals surface area contributed by atoms with Crippen molar-refractivity contribution in [1.82, 2.24) is 9.55 Å². The van der Waals surface area contributed by atoms with Crippen molar-refractivity contribution < 1.29 is 19.0 Å². The van der Waals surface area contributed by atoms with E-state index in [1.54, 1.807) is 27.5 Å². The number of methoxy groups -OCH3 is 3. The molecule has 1 aromatic heterocycles. The summed E-state index contributed by atoms with van der Waals surface area (Å²) >= 11 is 0. The van der Waals surface area contributed by atoms with Gasteiger partial charge in [0, 0.05) is 19.2 Å². The van der Waals surface area contributed by atoms with Gasteiger partial charge in [0.25, 0.3) is 0 Å². The van der Waals surface area contributed by atoms with Crippen molar-refractivity contribution in [3.63, 3.8) is 0 Å². The lowest BCUT2D eigenvalue weighted by Gasteiger charge is -2.14. The van der Waals surface area contributed by atoms with Gasteiger partial charge in [-0.15, -0.1) is 0 Å². The number of urea groups is 1. The van der Waals surface area contributed by atoms with Gasteiger partial charge >= 0.3 is 6.03 Å². The van der Waals surface area contributed by atoms with E-state index in [1.165, 1.54) is 0 Å². The molecule has 2 amide bonds. The van der Waals surface area contributed by atoms with E-state index in [0.717, 1.165) is 22.6 Å². The molecule has 0 aliphatic carbocycles. The Kier molecular flexibility index (Phi) is 6.92. The summed E-state index contributed by atoms with van der Waals surface area (Å²) in [5.41, 5.74) is 3.35. The zero-order valence-electron chi connectivity index (χ0n) is 17.6. The Hall–Kier alpha value is -3.52. The molecular formula is C22H26N4O4. The number of imidazole rings is 1. The Bertz CT molecular complexity index is 1020. The lowest BCUT2D eigenvalue weighted by atomic mass is 10.1. The van der Waals surface area contributed by atoms with Crippen molar-refractivity contribution in [1.29, 1.82) is 0 Å². The quantitative estimate of drug-likeness (QED) is 0.582. The molecule has 0 aliphatic heterocycles. The van der Waals surface area contributed by atoms with Crippen LogP contribution in [0.25, 0.3) is 11.3 Å². The van der Waals surface area contributed by atoms with Gasteiger partial charge in [0.15, 0.2) is 0 Å². The Morgan fingerprint density at radius 2 is 1.90 bits per heavy atom. The summed E-state index contributed by atoms with van der Waals surface area (Å²) < 4.78 is 17.8. The number of amides is 2. The van der Waals surface area contributed by atoms with Crippen LogP contribution in [0.15, 0.2) is 48.7 Å². The molecule has 158 valence electrons. The van der Waals surface area contributed by atoms with Crippen LogP contribution in [0.4, 0.5) is 16.4 Å². The third-order valence-electron chi connectivity index (χ3n) is 4.57. The zero-order chi connectivity index (χ0) is 21.5. The molecule has 0 spiro atoms. The minimum atomic E-state index is -0.416. The third kappa shape index (κ3) is 4.90. The summed E-state index contributed by atoms with van der Waals surface area (Å²) in [5, 5.41) is 5.64. The monoisotopic (exact) mass is 410 g/mol. The fraction of sp³-hybridized carbons (Fsp3) is 0.273. The number of carbonyl (C=O) groups is 1. The largest absolute Gasteiger partial charge is 0.497 e. The lowest BCUT2D eigenvalue weighted by Crippen LogP contribution is -2.23. The molecule has 0 radical (unpaired) electrons. The van der Waals surface area contributed by atoms with Crippen molar-refractivity contribution in [2.45, 2.75) is 13.5 Å². The van der Waals surface area contributed by atoms with Crippen LogP contribution in [0.1, 0.15) is 5.56 Å². The molecule has 2 N–H and O–H groups in total. The zero-order valence-corrected chi connectivity index (χ0v) is 17.6. The predicted molar refractivity (Wildman–Crippen MR) is 116 cm³/mol. The summed E-state index contributed by atoms with van der Waals surface area (Å²) in [7, 11) is 4.82. The maximum Gasteiger partial charge on any atom is 0.326 e. The van der Waals surface area contributed by atoms with Crippen LogP contribution in [0.5, 0.6) is 11.5 Å². The van der Waals surface area contributed by atoms with Crippen LogP contribution in [0.2, 0.25) is 0 Å². The first-order valence-corrected chi connectivity index (χ1v) is 9.47. The molecular weight excluding hydrogens is 384 g/mol. The fourth-order valence-electron chi connectivity index (χ4n) is 3.07. The van der Waals surface area contributed by atoms with Crippen LogP contribution in [0.3, 0.4) is 0 Å². The number of aryl methyl sites for hydroxylation is 1. The summed E-state index contributed by atoms with van der Waals surface area (Å²) in [6.45, 7) is 2.93. The number of ether oxygens (including phenoxy) is 3. The second-order valence-corrected chi connectivity index (χ2v) is 6.63. The van der Waals surface area contributed by atoms with E-state index < -0.39 is 6.03 Å². The number of rotatable bonds is 8. The standard InChI is InChI=1S/C22H26N4O4/c1-15-8-9-20(30-4)18(12-15)24-22(27)25-21-23-14-19(26(21)10-11-28-2)16-6-5-7-17(13-16)29-3/h5-9,12-14H,10-11H2,1-4H3,(H2,23,24,25,27). The van der Waals surface area contributed by atoms with E-state index in [1.807, 2.05) is 54.0 Å². The average Bonchev–Trinajstić information content (AvgIpc) is 3.14. The molecule has 0 aliphatic rings. The highest BCUT2D eigenvalue weighted by atomic mass is 16.5. The fourth-order valence-corrected chi connectivity index (χ4v) is 3.07. The van der Waals surface area contributed by atoms with Gasteiger partial charge in [0.05, 0.1) is 38.4 Å². The molecule has 0 saturated heterocycles. The highest BCUT2D eigenvalue weighted by Crippen LogP contribution is 2.28. The van der Waals surface area contributed by atoms with Crippen molar-refractivity contribution in [3.05, 3.63) is 54.2 Å². The number of benzene rings is 2. The molecule has 0 bridgehead atoms. The van der Waals surface area contributed by atoms with Gasteiger partial charge in [-0.05, 0) is 36.8 Å². The Morgan fingerprint density at radius 1 is 1.07 bits per heavy atom. The number of hydrogen-bond donors (Lipinski definition) is 2. The van der Waals surface area contributed by atoms with E-state index in [0.29, 0.717) is 30.5 Å². The van der Waals surface area contributed by atoms with Gasteiger partial charge in [-0.3, -0.25) is 5.32 Å². The molecule has 2 aromatic carbocycles. The van der Waals surface area contributed by atoms with Crippen molar-refractivity contribution in [3.8, 4) is 22.8 Å². The number of anilines is 2. The Balaban J connectivity index is 1.85. The predicted octanol–water partition coefficient (Wildman–Crippen LogP) is 4.17. The van der Waals surface area contributed by atoms with E-state index in [2.05, 4.69) is 15.6 Å². The van der Waals surface area contributed by atoms with Crippen LogP contribution < -0.4 is 20.1 Å². The highest BCUT2D eigenvalue weighted by molar-refractivity contribution is 6.00. The van der Waals surface area contributed by atoms with Gasteiger partial charge in [0.1, 0.15) is 11.5 Å². The summed E-state index contributed by atoms with van der Waals surface area (Å²) in [4.78, 5) is 17.1. The molecule has 1 heterocycles. The highest BCUT2D eigenvalue weighted by Gasteiger charge is 2.16.